The van der Waals surface area contributed by atoms with E-state index >= 15 is 0 Å². The maximum atomic E-state index is 12.4. The maximum Gasteiger partial charge on any atom is 0.332 e. The second-order valence-corrected chi connectivity index (χ2v) is 6.74. The minimum atomic E-state index is -0.483. The van der Waals surface area contributed by atoms with E-state index in [1.54, 1.807) is 0 Å². The number of carbonyl (C=O) groups excluding carboxylic acids is 1. The summed E-state index contributed by atoms with van der Waals surface area (Å²) < 4.78 is 3.73. The van der Waals surface area contributed by atoms with E-state index in [0.717, 1.165) is 28.8 Å². The predicted molar refractivity (Wildman–Crippen MR) is 96.1 cm³/mol. The van der Waals surface area contributed by atoms with Gasteiger partial charge in [0, 0.05) is 25.7 Å². The first-order valence-corrected chi connectivity index (χ1v) is 8.64. The molecule has 4 rings (SSSR count). The molecule has 10 nitrogen and oxygen atoms in total. The van der Waals surface area contributed by atoms with Gasteiger partial charge in [-0.25, -0.2) is 19.7 Å². The quantitative estimate of drug-likeness (QED) is 0.643. The molecule has 1 fully saturated rings. The molecule has 0 unspecified atom stereocenters. The van der Waals surface area contributed by atoms with Gasteiger partial charge in [-0.15, -0.1) is 0 Å². The molecule has 1 amide bonds. The van der Waals surface area contributed by atoms with Gasteiger partial charge in [-0.1, -0.05) is 0 Å². The fourth-order valence-electron chi connectivity index (χ4n) is 3.03. The minimum absolute atomic E-state index is 0.0789. The van der Waals surface area contributed by atoms with Crippen molar-refractivity contribution < 1.29 is 4.79 Å². The fourth-order valence-corrected chi connectivity index (χ4v) is 3.03. The largest absolute Gasteiger partial charge is 0.349 e. The molecule has 3 aromatic rings. The van der Waals surface area contributed by atoms with Crippen LogP contribution in [0, 0.1) is 0 Å². The molecule has 1 aliphatic rings. The molecule has 1 saturated carbocycles. The third kappa shape index (κ3) is 3.14. The van der Waals surface area contributed by atoms with E-state index in [-0.39, 0.29) is 30.2 Å². The first-order chi connectivity index (χ1) is 13.0. The first-order valence-electron chi connectivity index (χ1n) is 8.64. The number of rotatable bonds is 5. The number of aromatic nitrogens is 6. The Bertz CT molecular complexity index is 1150. The van der Waals surface area contributed by atoms with Crippen LogP contribution in [0.15, 0.2) is 28.3 Å². The Labute approximate surface area is 153 Å². The lowest BCUT2D eigenvalue weighted by Gasteiger charge is -2.08. The Morgan fingerprint density at radius 2 is 1.96 bits per heavy atom. The molecule has 0 radical (unpaired) electrons. The van der Waals surface area contributed by atoms with Crippen LogP contribution in [-0.4, -0.2) is 34.6 Å². The molecule has 1 N–H and O–H groups in total. The van der Waals surface area contributed by atoms with Crippen LogP contribution in [0.25, 0.3) is 11.2 Å². The fraction of sp³-hybridized carbons (Fsp3) is 0.412. The second kappa shape index (κ2) is 6.45. The molecule has 0 aromatic carbocycles. The van der Waals surface area contributed by atoms with E-state index in [1.165, 1.54) is 35.9 Å². The molecule has 0 atom stereocenters. The van der Waals surface area contributed by atoms with Crippen molar-refractivity contribution in [1.82, 2.24) is 34.0 Å². The molecule has 0 saturated heterocycles. The highest BCUT2D eigenvalue weighted by molar-refractivity contribution is 5.78. The van der Waals surface area contributed by atoms with Gasteiger partial charge in [0.05, 0.1) is 18.6 Å². The standard InChI is InChI=1S/C17H19N7O3/c1-22-15-14(16(26)23(2)17(22)27)24(9-21-15)7-13(25)18-6-11-5-12(10-3-4-10)20-8-19-11/h5,8-10H,3-4,6-7H2,1-2H3,(H,18,25). The van der Waals surface area contributed by atoms with Gasteiger partial charge in [-0.05, 0) is 18.9 Å². The summed E-state index contributed by atoms with van der Waals surface area (Å²) in [5, 5.41) is 2.79. The summed E-state index contributed by atoms with van der Waals surface area (Å²) in [6, 6.07) is 1.91. The Balaban J connectivity index is 1.51. The molecule has 3 heterocycles. The van der Waals surface area contributed by atoms with Crippen molar-refractivity contribution in [2.24, 2.45) is 14.1 Å². The summed E-state index contributed by atoms with van der Waals surface area (Å²) in [6.45, 7) is 0.203. The molecule has 10 heteroatoms. The number of carbonyl (C=O) groups is 1. The number of nitrogens with one attached hydrogen (secondary N) is 1. The summed E-state index contributed by atoms with van der Waals surface area (Å²) in [5.41, 5.74) is 1.28. The van der Waals surface area contributed by atoms with Crippen LogP contribution < -0.4 is 16.6 Å². The zero-order chi connectivity index (χ0) is 19.1. The lowest BCUT2D eigenvalue weighted by Crippen LogP contribution is -2.38. The van der Waals surface area contributed by atoms with Crippen LogP contribution in [0.2, 0.25) is 0 Å². The number of nitrogens with zero attached hydrogens (tertiary/aromatic N) is 6. The van der Waals surface area contributed by atoms with Gasteiger partial charge >= 0.3 is 5.69 Å². The van der Waals surface area contributed by atoms with Gasteiger partial charge < -0.3 is 9.88 Å². The van der Waals surface area contributed by atoms with Gasteiger partial charge in [-0.3, -0.25) is 18.7 Å². The summed E-state index contributed by atoms with van der Waals surface area (Å²) in [5.74, 6) is 0.236. The number of aryl methyl sites for hydroxylation is 1. The molecule has 27 heavy (non-hydrogen) atoms. The Morgan fingerprint density at radius 3 is 2.70 bits per heavy atom. The summed E-state index contributed by atoms with van der Waals surface area (Å²) in [6.07, 6.45) is 5.20. The predicted octanol–water partition coefficient (Wildman–Crippen LogP) is -0.582. The summed E-state index contributed by atoms with van der Waals surface area (Å²) >= 11 is 0. The highest BCUT2D eigenvalue weighted by Crippen LogP contribution is 2.38. The summed E-state index contributed by atoms with van der Waals surface area (Å²) in [7, 11) is 2.93. The van der Waals surface area contributed by atoms with Gasteiger partial charge in [0.25, 0.3) is 5.56 Å². The Hall–Kier alpha value is -3.30. The maximum absolute atomic E-state index is 12.4. The third-order valence-electron chi connectivity index (χ3n) is 4.74. The average molecular weight is 369 g/mol. The van der Waals surface area contributed by atoms with Crippen LogP contribution >= 0.6 is 0 Å². The molecule has 1 aliphatic carbocycles. The highest BCUT2D eigenvalue weighted by atomic mass is 16.2. The van der Waals surface area contributed by atoms with E-state index in [1.807, 2.05) is 6.07 Å². The molecule has 0 bridgehead atoms. The number of fused-ring (bicyclic) bond motifs is 1. The smallest absolute Gasteiger partial charge is 0.332 e. The normalized spacial score (nSPS) is 13.9. The van der Waals surface area contributed by atoms with Crippen molar-refractivity contribution in [3.8, 4) is 0 Å². The third-order valence-corrected chi connectivity index (χ3v) is 4.74. The van der Waals surface area contributed by atoms with E-state index < -0.39 is 11.2 Å². The van der Waals surface area contributed by atoms with Crippen LogP contribution in [-0.2, 0) is 32.0 Å². The lowest BCUT2D eigenvalue weighted by atomic mass is 10.2. The molecular formula is C17H19N7O3. The molecular weight excluding hydrogens is 350 g/mol. The van der Waals surface area contributed by atoms with Crippen molar-refractivity contribution in [3.05, 3.63) is 50.9 Å². The van der Waals surface area contributed by atoms with Gasteiger partial charge in [-0.2, -0.15) is 0 Å². The van der Waals surface area contributed by atoms with E-state index in [4.69, 9.17) is 0 Å². The Morgan fingerprint density at radius 1 is 1.19 bits per heavy atom. The number of hydrogen-bond acceptors (Lipinski definition) is 6. The minimum Gasteiger partial charge on any atom is -0.349 e. The zero-order valence-corrected chi connectivity index (χ0v) is 15.0. The topological polar surface area (TPSA) is 117 Å². The van der Waals surface area contributed by atoms with Crippen molar-refractivity contribution in [3.63, 3.8) is 0 Å². The molecule has 3 aromatic heterocycles. The van der Waals surface area contributed by atoms with Crippen molar-refractivity contribution in [2.75, 3.05) is 0 Å². The van der Waals surface area contributed by atoms with Gasteiger partial charge in [0.1, 0.15) is 12.9 Å². The molecule has 0 spiro atoms. The Kier molecular flexibility index (Phi) is 4.09. The van der Waals surface area contributed by atoms with E-state index in [2.05, 4.69) is 20.3 Å². The molecule has 140 valence electrons. The highest BCUT2D eigenvalue weighted by Gasteiger charge is 2.25. The van der Waals surface area contributed by atoms with Crippen LogP contribution in [0.1, 0.15) is 30.1 Å². The molecule has 0 aliphatic heterocycles. The zero-order valence-electron chi connectivity index (χ0n) is 15.0. The van der Waals surface area contributed by atoms with Crippen LogP contribution in [0.4, 0.5) is 0 Å². The average Bonchev–Trinajstić information content (AvgIpc) is 3.44. The van der Waals surface area contributed by atoms with Crippen molar-refractivity contribution >= 4 is 17.1 Å². The lowest BCUT2D eigenvalue weighted by molar-refractivity contribution is -0.121. The van der Waals surface area contributed by atoms with Crippen LogP contribution in [0.5, 0.6) is 0 Å². The van der Waals surface area contributed by atoms with Crippen molar-refractivity contribution in [1.29, 1.82) is 0 Å². The van der Waals surface area contributed by atoms with Gasteiger partial charge in [0.2, 0.25) is 5.91 Å². The monoisotopic (exact) mass is 369 g/mol. The van der Waals surface area contributed by atoms with Gasteiger partial charge in [0.15, 0.2) is 11.2 Å². The summed E-state index contributed by atoms with van der Waals surface area (Å²) in [4.78, 5) is 49.2. The SMILES string of the molecule is Cn1c(=O)c2c(ncn2CC(=O)NCc2cc(C3CC3)ncn2)n(C)c1=O. The van der Waals surface area contributed by atoms with Crippen molar-refractivity contribution in [2.45, 2.75) is 31.8 Å². The number of amides is 1. The van der Waals surface area contributed by atoms with Crippen LogP contribution in [0.3, 0.4) is 0 Å². The second-order valence-electron chi connectivity index (χ2n) is 6.74. The first kappa shape index (κ1) is 17.1. The van der Waals surface area contributed by atoms with E-state index in [9.17, 15) is 14.4 Å². The number of hydrogen-bond donors (Lipinski definition) is 1. The van der Waals surface area contributed by atoms with E-state index in [0.29, 0.717) is 5.92 Å². The number of imidazole rings is 1.